The molecule has 1 fully saturated rings. The summed E-state index contributed by atoms with van der Waals surface area (Å²) in [5.74, 6) is 0.735. The molecule has 3 rings (SSSR count). The molecule has 0 radical (unpaired) electrons. The average Bonchev–Trinajstić information content (AvgIpc) is 2.81. The number of rotatable bonds is 2. The third kappa shape index (κ3) is 2.58. The fraction of sp³-hybridized carbons (Fsp3) is 0.571. The van der Waals surface area contributed by atoms with Gasteiger partial charge in [-0.2, -0.15) is 0 Å². The van der Waals surface area contributed by atoms with Crippen LogP contribution in [0.4, 0.5) is 5.69 Å². The Morgan fingerprint density at radius 1 is 1.29 bits per heavy atom. The zero-order valence-corrected chi connectivity index (χ0v) is 10.8. The van der Waals surface area contributed by atoms with Crippen molar-refractivity contribution in [3.63, 3.8) is 0 Å². The van der Waals surface area contributed by atoms with Crippen LogP contribution in [0, 0.1) is 5.92 Å². The van der Waals surface area contributed by atoms with Gasteiger partial charge in [-0.25, -0.2) is 0 Å². The number of nitrogens with one attached hydrogen (secondary N) is 1. The highest BCUT2D eigenvalue weighted by atomic mass is 35.5. The minimum atomic E-state index is 0.735. The van der Waals surface area contributed by atoms with Crippen LogP contribution in [0.25, 0.3) is 0 Å². The van der Waals surface area contributed by atoms with Crippen molar-refractivity contribution in [2.24, 2.45) is 5.92 Å². The third-order valence-corrected chi connectivity index (χ3v) is 4.11. The first kappa shape index (κ1) is 11.4. The summed E-state index contributed by atoms with van der Waals surface area (Å²) in [6, 6.07) is 6.18. The highest BCUT2D eigenvalue weighted by molar-refractivity contribution is 6.30. The van der Waals surface area contributed by atoms with Gasteiger partial charge in [-0.1, -0.05) is 11.6 Å². The maximum absolute atomic E-state index is 6.06. The molecule has 1 N–H and O–H groups in total. The van der Waals surface area contributed by atoms with Crippen molar-refractivity contribution >= 4 is 17.3 Å². The van der Waals surface area contributed by atoms with Crippen LogP contribution >= 0.6 is 11.6 Å². The quantitative estimate of drug-likeness (QED) is 0.868. The normalized spacial score (nSPS) is 24.4. The van der Waals surface area contributed by atoms with Crippen LogP contribution in [0.5, 0.6) is 0 Å². The van der Waals surface area contributed by atoms with Crippen LogP contribution in [0.1, 0.15) is 18.4 Å². The molecule has 1 aromatic rings. The summed E-state index contributed by atoms with van der Waals surface area (Å²) in [7, 11) is 0. The minimum Gasteiger partial charge on any atom is -0.384 e. The SMILES string of the molecule is Clc1ccc2c(c1)C[C@@H](CN1CCCC1)CN2. The molecule has 1 atom stereocenters. The van der Waals surface area contributed by atoms with Crippen molar-refractivity contribution < 1.29 is 0 Å². The number of hydrogen-bond donors (Lipinski definition) is 1. The number of nitrogens with zero attached hydrogens (tertiary/aromatic N) is 1. The lowest BCUT2D eigenvalue weighted by atomic mass is 9.93. The van der Waals surface area contributed by atoms with E-state index in [1.807, 2.05) is 6.07 Å². The van der Waals surface area contributed by atoms with E-state index in [1.165, 1.54) is 50.1 Å². The van der Waals surface area contributed by atoms with Gasteiger partial charge in [0.25, 0.3) is 0 Å². The lowest BCUT2D eigenvalue weighted by Gasteiger charge is -2.29. The molecule has 0 aromatic heterocycles. The smallest absolute Gasteiger partial charge is 0.0410 e. The lowest BCUT2D eigenvalue weighted by Crippen LogP contribution is -2.34. The second-order valence-corrected chi connectivity index (χ2v) is 5.70. The summed E-state index contributed by atoms with van der Waals surface area (Å²) in [4.78, 5) is 2.60. The van der Waals surface area contributed by atoms with Gasteiger partial charge in [0.1, 0.15) is 0 Å². The van der Waals surface area contributed by atoms with E-state index in [-0.39, 0.29) is 0 Å². The summed E-state index contributed by atoms with van der Waals surface area (Å²) in [5, 5.41) is 4.38. The maximum atomic E-state index is 6.06. The van der Waals surface area contributed by atoms with Crippen molar-refractivity contribution in [2.45, 2.75) is 19.3 Å². The second-order valence-electron chi connectivity index (χ2n) is 5.26. The summed E-state index contributed by atoms with van der Waals surface area (Å²) < 4.78 is 0. The molecule has 2 nitrogen and oxygen atoms in total. The van der Waals surface area contributed by atoms with Gasteiger partial charge in [-0.05, 0) is 62.0 Å². The number of fused-ring (bicyclic) bond motifs is 1. The van der Waals surface area contributed by atoms with Crippen molar-refractivity contribution in [1.82, 2.24) is 4.90 Å². The molecule has 1 aromatic carbocycles. The molecular weight excluding hydrogens is 232 g/mol. The lowest BCUT2D eigenvalue weighted by molar-refractivity contribution is 0.280. The third-order valence-electron chi connectivity index (χ3n) is 3.87. The van der Waals surface area contributed by atoms with E-state index in [9.17, 15) is 0 Å². The van der Waals surface area contributed by atoms with Gasteiger partial charge in [0.2, 0.25) is 0 Å². The number of halogens is 1. The predicted molar refractivity (Wildman–Crippen MR) is 72.8 cm³/mol. The molecule has 0 spiro atoms. The molecule has 17 heavy (non-hydrogen) atoms. The fourth-order valence-electron chi connectivity index (χ4n) is 3.00. The first-order valence-corrected chi connectivity index (χ1v) is 6.94. The van der Waals surface area contributed by atoms with Gasteiger partial charge in [-0.15, -0.1) is 0 Å². The van der Waals surface area contributed by atoms with E-state index in [4.69, 9.17) is 11.6 Å². The average molecular weight is 251 g/mol. The van der Waals surface area contributed by atoms with Crippen LogP contribution in [-0.4, -0.2) is 31.1 Å². The minimum absolute atomic E-state index is 0.735. The largest absolute Gasteiger partial charge is 0.384 e. The van der Waals surface area contributed by atoms with Gasteiger partial charge in [0.05, 0.1) is 0 Å². The van der Waals surface area contributed by atoms with Gasteiger partial charge < -0.3 is 10.2 Å². The molecule has 0 bridgehead atoms. The molecule has 0 amide bonds. The van der Waals surface area contributed by atoms with Crippen LogP contribution in [0.15, 0.2) is 18.2 Å². The van der Waals surface area contributed by atoms with E-state index in [2.05, 4.69) is 22.3 Å². The molecule has 2 heterocycles. The maximum Gasteiger partial charge on any atom is 0.0410 e. The molecule has 3 heteroatoms. The van der Waals surface area contributed by atoms with Gasteiger partial charge in [0, 0.05) is 23.8 Å². The molecule has 92 valence electrons. The summed E-state index contributed by atoms with van der Waals surface area (Å²) in [6.45, 7) is 4.92. The van der Waals surface area contributed by atoms with Gasteiger partial charge in [-0.3, -0.25) is 0 Å². The number of hydrogen-bond acceptors (Lipinski definition) is 2. The molecule has 2 aliphatic rings. The Bertz CT molecular complexity index is 399. The highest BCUT2D eigenvalue weighted by Gasteiger charge is 2.22. The Morgan fingerprint density at radius 2 is 2.12 bits per heavy atom. The van der Waals surface area contributed by atoms with E-state index in [0.717, 1.165) is 17.5 Å². The van der Waals surface area contributed by atoms with Crippen LogP contribution in [0.3, 0.4) is 0 Å². The predicted octanol–water partition coefficient (Wildman–Crippen LogP) is 3.02. The van der Waals surface area contributed by atoms with E-state index >= 15 is 0 Å². The van der Waals surface area contributed by atoms with Crippen molar-refractivity contribution in [3.8, 4) is 0 Å². The first-order valence-electron chi connectivity index (χ1n) is 6.56. The topological polar surface area (TPSA) is 15.3 Å². The molecular formula is C14H19ClN2. The van der Waals surface area contributed by atoms with Gasteiger partial charge >= 0.3 is 0 Å². The standard InChI is InChI=1S/C14H19ClN2/c15-13-3-4-14-12(8-13)7-11(9-16-14)10-17-5-1-2-6-17/h3-4,8,11,16H,1-2,5-7,9-10H2/t11-/m1/s1. The Morgan fingerprint density at radius 3 is 2.94 bits per heavy atom. The Balaban J connectivity index is 1.67. The monoisotopic (exact) mass is 250 g/mol. The molecule has 0 aliphatic carbocycles. The summed E-state index contributed by atoms with van der Waals surface area (Å²) >= 11 is 6.06. The first-order chi connectivity index (χ1) is 8.31. The zero-order chi connectivity index (χ0) is 11.7. The number of benzene rings is 1. The van der Waals surface area contributed by atoms with E-state index in [1.54, 1.807) is 0 Å². The molecule has 0 saturated carbocycles. The van der Waals surface area contributed by atoms with Crippen molar-refractivity contribution in [2.75, 3.05) is 31.5 Å². The Labute approximate surface area is 108 Å². The zero-order valence-electron chi connectivity index (χ0n) is 10.1. The molecule has 0 unspecified atom stereocenters. The number of anilines is 1. The number of likely N-dealkylation sites (tertiary alicyclic amines) is 1. The van der Waals surface area contributed by atoms with Crippen LogP contribution in [-0.2, 0) is 6.42 Å². The Kier molecular flexibility index (Phi) is 3.26. The summed E-state index contributed by atoms with van der Waals surface area (Å²) in [6.07, 6.45) is 3.92. The fourth-order valence-corrected chi connectivity index (χ4v) is 3.20. The van der Waals surface area contributed by atoms with E-state index in [0.29, 0.717) is 0 Å². The Hall–Kier alpha value is -0.730. The van der Waals surface area contributed by atoms with E-state index < -0.39 is 0 Å². The molecule has 1 saturated heterocycles. The van der Waals surface area contributed by atoms with Crippen molar-refractivity contribution in [3.05, 3.63) is 28.8 Å². The highest BCUT2D eigenvalue weighted by Crippen LogP contribution is 2.28. The molecule has 2 aliphatic heterocycles. The van der Waals surface area contributed by atoms with Crippen LogP contribution < -0.4 is 5.32 Å². The van der Waals surface area contributed by atoms with Crippen molar-refractivity contribution in [1.29, 1.82) is 0 Å². The second kappa shape index (κ2) is 4.87. The summed E-state index contributed by atoms with van der Waals surface area (Å²) in [5.41, 5.74) is 2.65. The van der Waals surface area contributed by atoms with Crippen LogP contribution in [0.2, 0.25) is 5.02 Å². The van der Waals surface area contributed by atoms with Gasteiger partial charge in [0.15, 0.2) is 0 Å².